The molecular weight excluding hydrogens is 280 g/mol. The first-order chi connectivity index (χ1) is 10.5. The highest BCUT2D eigenvalue weighted by molar-refractivity contribution is 5.92. The molecule has 120 valence electrons. The third-order valence-corrected chi connectivity index (χ3v) is 3.85. The molecule has 1 aliphatic heterocycles. The highest BCUT2D eigenvalue weighted by atomic mass is 16.2. The van der Waals surface area contributed by atoms with Gasteiger partial charge >= 0.3 is 0 Å². The summed E-state index contributed by atoms with van der Waals surface area (Å²) < 4.78 is 0. The van der Waals surface area contributed by atoms with E-state index in [-0.39, 0.29) is 11.8 Å². The SMILES string of the molecule is CC(=O)N1CCN(CC(=O)Nc2ccc(N(C)C)cc2)CC1. The maximum absolute atomic E-state index is 12.1. The number of benzene rings is 1. The van der Waals surface area contributed by atoms with Crippen molar-refractivity contribution < 1.29 is 9.59 Å². The van der Waals surface area contributed by atoms with Crippen molar-refractivity contribution in [2.45, 2.75) is 6.92 Å². The van der Waals surface area contributed by atoms with Crippen LogP contribution in [-0.2, 0) is 9.59 Å². The third kappa shape index (κ3) is 4.46. The Morgan fingerprint density at radius 3 is 2.18 bits per heavy atom. The number of carbonyl (C=O) groups is 2. The lowest BCUT2D eigenvalue weighted by molar-refractivity contribution is -0.130. The highest BCUT2D eigenvalue weighted by Crippen LogP contribution is 2.15. The summed E-state index contributed by atoms with van der Waals surface area (Å²) in [4.78, 5) is 29.2. The van der Waals surface area contributed by atoms with Crippen molar-refractivity contribution in [2.75, 3.05) is 57.0 Å². The number of piperazine rings is 1. The molecule has 22 heavy (non-hydrogen) atoms. The lowest BCUT2D eigenvalue weighted by Crippen LogP contribution is -2.49. The maximum Gasteiger partial charge on any atom is 0.238 e. The van der Waals surface area contributed by atoms with Crippen molar-refractivity contribution in [3.8, 4) is 0 Å². The normalized spacial score (nSPS) is 15.5. The van der Waals surface area contributed by atoms with E-state index < -0.39 is 0 Å². The van der Waals surface area contributed by atoms with Gasteiger partial charge in [0.15, 0.2) is 0 Å². The van der Waals surface area contributed by atoms with E-state index in [4.69, 9.17) is 0 Å². The van der Waals surface area contributed by atoms with Gasteiger partial charge in [-0.2, -0.15) is 0 Å². The van der Waals surface area contributed by atoms with Gasteiger partial charge in [-0.1, -0.05) is 0 Å². The molecule has 1 aromatic rings. The second-order valence-corrected chi connectivity index (χ2v) is 5.77. The molecule has 0 saturated carbocycles. The molecule has 1 aliphatic rings. The van der Waals surface area contributed by atoms with E-state index in [1.165, 1.54) is 0 Å². The van der Waals surface area contributed by atoms with Gasteiger partial charge in [0.2, 0.25) is 11.8 Å². The fourth-order valence-corrected chi connectivity index (χ4v) is 2.47. The van der Waals surface area contributed by atoms with Crippen molar-refractivity contribution in [3.05, 3.63) is 24.3 Å². The fourth-order valence-electron chi connectivity index (χ4n) is 2.47. The Balaban J connectivity index is 1.80. The number of nitrogens with zero attached hydrogens (tertiary/aromatic N) is 3. The monoisotopic (exact) mass is 304 g/mol. The van der Waals surface area contributed by atoms with E-state index in [2.05, 4.69) is 10.2 Å². The van der Waals surface area contributed by atoms with Crippen LogP contribution in [-0.4, -0.2) is 68.4 Å². The zero-order valence-corrected chi connectivity index (χ0v) is 13.5. The summed E-state index contributed by atoms with van der Waals surface area (Å²) >= 11 is 0. The molecule has 1 aromatic carbocycles. The molecule has 0 bridgehead atoms. The lowest BCUT2D eigenvalue weighted by Gasteiger charge is -2.33. The van der Waals surface area contributed by atoms with Crippen molar-refractivity contribution in [3.63, 3.8) is 0 Å². The molecule has 6 nitrogen and oxygen atoms in total. The molecule has 0 aromatic heterocycles. The molecule has 0 unspecified atom stereocenters. The maximum atomic E-state index is 12.1. The minimum absolute atomic E-state index is 0.0196. The molecule has 1 saturated heterocycles. The van der Waals surface area contributed by atoms with Crippen LogP contribution in [0.2, 0.25) is 0 Å². The summed E-state index contributed by atoms with van der Waals surface area (Å²) in [5.41, 5.74) is 1.90. The first-order valence-electron chi connectivity index (χ1n) is 7.51. The third-order valence-electron chi connectivity index (χ3n) is 3.85. The second-order valence-electron chi connectivity index (χ2n) is 5.77. The van der Waals surface area contributed by atoms with Gasteiger partial charge in [0.1, 0.15) is 0 Å². The minimum Gasteiger partial charge on any atom is -0.378 e. The Morgan fingerprint density at radius 2 is 1.68 bits per heavy atom. The van der Waals surface area contributed by atoms with Gasteiger partial charge in [-0.3, -0.25) is 14.5 Å². The van der Waals surface area contributed by atoms with Gasteiger partial charge < -0.3 is 15.1 Å². The fraction of sp³-hybridized carbons (Fsp3) is 0.500. The summed E-state index contributed by atoms with van der Waals surface area (Å²) in [6, 6.07) is 7.75. The number of amides is 2. The first-order valence-corrected chi connectivity index (χ1v) is 7.51. The van der Waals surface area contributed by atoms with Crippen LogP contribution in [0.4, 0.5) is 11.4 Å². The molecule has 1 fully saturated rings. The number of nitrogens with one attached hydrogen (secondary N) is 1. The van der Waals surface area contributed by atoms with Crippen LogP contribution >= 0.6 is 0 Å². The van der Waals surface area contributed by atoms with Crippen LogP contribution in [0, 0.1) is 0 Å². The number of rotatable bonds is 4. The lowest BCUT2D eigenvalue weighted by atomic mass is 10.2. The number of hydrogen-bond acceptors (Lipinski definition) is 4. The summed E-state index contributed by atoms with van der Waals surface area (Å²) in [6.07, 6.45) is 0. The van der Waals surface area contributed by atoms with Crippen molar-refractivity contribution >= 4 is 23.2 Å². The summed E-state index contributed by atoms with van der Waals surface area (Å²) in [7, 11) is 3.96. The van der Waals surface area contributed by atoms with Crippen LogP contribution in [0.25, 0.3) is 0 Å². The van der Waals surface area contributed by atoms with Gasteiger partial charge in [0, 0.05) is 58.6 Å². The predicted molar refractivity (Wildman–Crippen MR) is 88.1 cm³/mol. The van der Waals surface area contributed by atoms with Crippen LogP contribution in [0.3, 0.4) is 0 Å². The van der Waals surface area contributed by atoms with E-state index in [1.54, 1.807) is 6.92 Å². The van der Waals surface area contributed by atoms with Crippen LogP contribution in [0.1, 0.15) is 6.92 Å². The van der Waals surface area contributed by atoms with Gasteiger partial charge in [-0.15, -0.1) is 0 Å². The van der Waals surface area contributed by atoms with E-state index in [9.17, 15) is 9.59 Å². The average molecular weight is 304 g/mol. The molecule has 1 heterocycles. The zero-order chi connectivity index (χ0) is 16.1. The highest BCUT2D eigenvalue weighted by Gasteiger charge is 2.20. The second kappa shape index (κ2) is 7.26. The van der Waals surface area contributed by atoms with Crippen LogP contribution < -0.4 is 10.2 Å². The smallest absolute Gasteiger partial charge is 0.238 e. The van der Waals surface area contributed by atoms with Crippen molar-refractivity contribution in [1.82, 2.24) is 9.80 Å². The molecule has 0 spiro atoms. The Morgan fingerprint density at radius 1 is 1.09 bits per heavy atom. The van der Waals surface area contributed by atoms with Gasteiger partial charge in [0.05, 0.1) is 6.54 Å². The molecule has 0 radical (unpaired) electrons. The Bertz CT molecular complexity index is 519. The minimum atomic E-state index is -0.0196. The average Bonchev–Trinajstić information content (AvgIpc) is 2.48. The van der Waals surface area contributed by atoms with Crippen LogP contribution in [0.15, 0.2) is 24.3 Å². The number of hydrogen-bond donors (Lipinski definition) is 1. The van der Waals surface area contributed by atoms with Crippen molar-refractivity contribution in [1.29, 1.82) is 0 Å². The van der Waals surface area contributed by atoms with E-state index in [1.807, 2.05) is 48.2 Å². The molecular formula is C16H24N4O2. The standard InChI is InChI=1S/C16H24N4O2/c1-13(21)20-10-8-19(9-11-20)12-16(22)17-14-4-6-15(7-5-14)18(2)3/h4-7H,8-12H2,1-3H3,(H,17,22). The van der Waals surface area contributed by atoms with E-state index in [0.29, 0.717) is 19.6 Å². The molecule has 0 atom stereocenters. The Hall–Kier alpha value is -2.08. The number of anilines is 2. The topological polar surface area (TPSA) is 55.9 Å². The Labute approximate surface area is 131 Å². The molecule has 0 aliphatic carbocycles. The predicted octanol–water partition coefficient (Wildman–Crippen LogP) is 0.855. The van der Waals surface area contributed by atoms with E-state index >= 15 is 0 Å². The summed E-state index contributed by atoms with van der Waals surface area (Å²) in [5, 5.41) is 2.91. The van der Waals surface area contributed by atoms with Gasteiger partial charge in [-0.25, -0.2) is 0 Å². The zero-order valence-electron chi connectivity index (χ0n) is 13.5. The van der Waals surface area contributed by atoms with E-state index in [0.717, 1.165) is 24.5 Å². The summed E-state index contributed by atoms with van der Waals surface area (Å²) in [6.45, 7) is 4.82. The molecule has 2 rings (SSSR count). The largest absolute Gasteiger partial charge is 0.378 e. The van der Waals surface area contributed by atoms with Crippen LogP contribution in [0.5, 0.6) is 0 Å². The molecule has 2 amide bonds. The Kier molecular flexibility index (Phi) is 5.38. The van der Waals surface area contributed by atoms with Gasteiger partial charge in [-0.05, 0) is 24.3 Å². The molecule has 6 heteroatoms. The van der Waals surface area contributed by atoms with Crippen molar-refractivity contribution in [2.24, 2.45) is 0 Å². The molecule has 1 N–H and O–H groups in total. The quantitative estimate of drug-likeness (QED) is 0.896. The number of carbonyl (C=O) groups excluding carboxylic acids is 2. The summed E-state index contributed by atoms with van der Waals surface area (Å²) in [5.74, 6) is 0.0824. The first kappa shape index (κ1) is 16.3. The van der Waals surface area contributed by atoms with Gasteiger partial charge in [0.25, 0.3) is 0 Å².